The highest BCUT2D eigenvalue weighted by atomic mass is 32.2. The Morgan fingerprint density at radius 2 is 1.76 bits per heavy atom. The topological polar surface area (TPSA) is 59.8 Å². The fourth-order valence-electron chi connectivity index (χ4n) is 3.69. The lowest BCUT2D eigenvalue weighted by Crippen LogP contribution is -2.17. The number of halogens is 1. The van der Waals surface area contributed by atoms with Crippen molar-refractivity contribution in [2.75, 3.05) is 11.1 Å². The van der Waals surface area contributed by atoms with Gasteiger partial charge < -0.3 is 5.32 Å². The standard InChI is InChI=1S/C22H23FN4OS/c23-17-11-13-18(14-12-17)24-20(28)15-29-22-26-25-21(16-7-3-1-4-8-16)27(22)19-9-5-2-6-10-19/h1,3-4,7-8,11-14,19H,2,5-6,9-10,15H2,(H,24,28). The smallest absolute Gasteiger partial charge is 0.234 e. The van der Waals surface area contributed by atoms with Crippen LogP contribution in [0.4, 0.5) is 10.1 Å². The molecule has 150 valence electrons. The molecule has 2 aromatic carbocycles. The Bertz CT molecular complexity index is 953. The Labute approximate surface area is 173 Å². The number of benzene rings is 2. The van der Waals surface area contributed by atoms with Crippen molar-refractivity contribution in [3.05, 3.63) is 60.4 Å². The van der Waals surface area contributed by atoms with E-state index < -0.39 is 0 Å². The predicted octanol–water partition coefficient (Wildman–Crippen LogP) is 5.32. The largest absolute Gasteiger partial charge is 0.325 e. The number of anilines is 1. The molecule has 4 rings (SSSR count). The summed E-state index contributed by atoms with van der Waals surface area (Å²) in [5.74, 6) is 0.600. The van der Waals surface area contributed by atoms with Gasteiger partial charge in [-0.05, 0) is 37.1 Å². The fraction of sp³-hybridized carbons (Fsp3) is 0.318. The van der Waals surface area contributed by atoms with Crippen LogP contribution in [0.1, 0.15) is 38.1 Å². The van der Waals surface area contributed by atoms with Gasteiger partial charge in [-0.1, -0.05) is 61.4 Å². The molecule has 0 unspecified atom stereocenters. The first-order valence-corrected chi connectivity index (χ1v) is 10.9. The van der Waals surface area contributed by atoms with Gasteiger partial charge in [0.15, 0.2) is 11.0 Å². The van der Waals surface area contributed by atoms with Gasteiger partial charge in [-0.15, -0.1) is 10.2 Å². The summed E-state index contributed by atoms with van der Waals surface area (Å²) >= 11 is 1.39. The van der Waals surface area contributed by atoms with Gasteiger partial charge in [-0.3, -0.25) is 9.36 Å². The highest BCUT2D eigenvalue weighted by Crippen LogP contribution is 2.35. The number of thioether (sulfide) groups is 1. The zero-order chi connectivity index (χ0) is 20.1. The monoisotopic (exact) mass is 410 g/mol. The molecule has 1 fully saturated rings. The number of amides is 1. The van der Waals surface area contributed by atoms with E-state index in [0.717, 1.165) is 29.4 Å². The summed E-state index contributed by atoms with van der Waals surface area (Å²) in [6.45, 7) is 0. The van der Waals surface area contributed by atoms with E-state index >= 15 is 0 Å². The Kier molecular flexibility index (Phi) is 6.24. The van der Waals surface area contributed by atoms with Crippen molar-refractivity contribution in [3.8, 4) is 11.4 Å². The number of hydrogen-bond donors (Lipinski definition) is 1. The molecule has 0 atom stereocenters. The van der Waals surface area contributed by atoms with E-state index in [-0.39, 0.29) is 17.5 Å². The van der Waals surface area contributed by atoms with Crippen LogP contribution in [0.3, 0.4) is 0 Å². The summed E-state index contributed by atoms with van der Waals surface area (Å²) in [7, 11) is 0. The molecule has 7 heteroatoms. The third-order valence-electron chi connectivity index (χ3n) is 5.10. The molecule has 0 radical (unpaired) electrons. The molecule has 1 aromatic heterocycles. The molecule has 1 heterocycles. The van der Waals surface area contributed by atoms with Gasteiger partial charge in [0.1, 0.15) is 5.82 Å². The molecular formula is C22H23FN4OS. The van der Waals surface area contributed by atoms with Crippen LogP contribution in [-0.2, 0) is 4.79 Å². The minimum absolute atomic E-state index is 0.152. The van der Waals surface area contributed by atoms with Gasteiger partial charge >= 0.3 is 0 Å². The van der Waals surface area contributed by atoms with E-state index in [2.05, 4.69) is 20.1 Å². The minimum atomic E-state index is -0.327. The second kappa shape index (κ2) is 9.22. The third kappa shape index (κ3) is 4.85. The van der Waals surface area contributed by atoms with Gasteiger partial charge in [0.2, 0.25) is 5.91 Å². The molecule has 29 heavy (non-hydrogen) atoms. The second-order valence-corrected chi connectivity index (χ2v) is 8.12. The van der Waals surface area contributed by atoms with Crippen molar-refractivity contribution < 1.29 is 9.18 Å². The lowest BCUT2D eigenvalue weighted by molar-refractivity contribution is -0.113. The van der Waals surface area contributed by atoms with Gasteiger partial charge in [-0.25, -0.2) is 4.39 Å². The van der Waals surface area contributed by atoms with E-state index in [4.69, 9.17) is 0 Å². The first-order valence-electron chi connectivity index (χ1n) is 9.89. The van der Waals surface area contributed by atoms with Crippen LogP contribution in [0.5, 0.6) is 0 Å². The molecule has 0 bridgehead atoms. The Hall–Kier alpha value is -2.67. The lowest BCUT2D eigenvalue weighted by atomic mass is 9.95. The van der Waals surface area contributed by atoms with Crippen LogP contribution in [0.15, 0.2) is 59.8 Å². The first kappa shape index (κ1) is 19.6. The van der Waals surface area contributed by atoms with E-state index in [0.29, 0.717) is 11.7 Å². The molecule has 3 aromatic rings. The van der Waals surface area contributed by atoms with Gasteiger partial charge in [-0.2, -0.15) is 0 Å². The highest BCUT2D eigenvalue weighted by Gasteiger charge is 2.24. The quantitative estimate of drug-likeness (QED) is 0.559. The SMILES string of the molecule is O=C(CSc1nnc(-c2ccccc2)n1C1CCCCC1)Nc1ccc(F)cc1. The van der Waals surface area contributed by atoms with Crippen LogP contribution < -0.4 is 5.32 Å². The lowest BCUT2D eigenvalue weighted by Gasteiger charge is -2.25. The minimum Gasteiger partial charge on any atom is -0.325 e. The van der Waals surface area contributed by atoms with Crippen molar-refractivity contribution in [2.45, 2.75) is 43.3 Å². The summed E-state index contributed by atoms with van der Waals surface area (Å²) in [6.07, 6.45) is 5.88. The average molecular weight is 411 g/mol. The van der Waals surface area contributed by atoms with Crippen molar-refractivity contribution in [3.63, 3.8) is 0 Å². The molecule has 1 amide bonds. The van der Waals surface area contributed by atoms with Crippen LogP contribution in [0, 0.1) is 5.82 Å². The Balaban J connectivity index is 1.51. The van der Waals surface area contributed by atoms with Crippen LogP contribution in [0.25, 0.3) is 11.4 Å². The van der Waals surface area contributed by atoms with E-state index in [1.165, 1.54) is 43.2 Å². The maximum absolute atomic E-state index is 13.0. The molecule has 5 nitrogen and oxygen atoms in total. The normalized spacial score (nSPS) is 14.7. The zero-order valence-electron chi connectivity index (χ0n) is 16.1. The maximum atomic E-state index is 13.0. The number of nitrogens with zero attached hydrogens (tertiary/aromatic N) is 3. The van der Waals surface area contributed by atoms with Crippen molar-refractivity contribution >= 4 is 23.4 Å². The predicted molar refractivity (Wildman–Crippen MR) is 113 cm³/mol. The number of hydrogen-bond acceptors (Lipinski definition) is 4. The zero-order valence-corrected chi connectivity index (χ0v) is 16.9. The van der Waals surface area contributed by atoms with Gasteiger partial charge in [0.25, 0.3) is 0 Å². The number of rotatable bonds is 6. The van der Waals surface area contributed by atoms with Gasteiger partial charge in [0, 0.05) is 17.3 Å². The Morgan fingerprint density at radius 1 is 1.03 bits per heavy atom. The molecule has 0 spiro atoms. The number of carbonyl (C=O) groups is 1. The number of aromatic nitrogens is 3. The third-order valence-corrected chi connectivity index (χ3v) is 6.04. The van der Waals surface area contributed by atoms with E-state index in [1.807, 2.05) is 30.3 Å². The van der Waals surface area contributed by atoms with E-state index in [1.54, 1.807) is 12.1 Å². The average Bonchev–Trinajstić information content (AvgIpc) is 3.19. The number of carbonyl (C=O) groups excluding carboxylic acids is 1. The summed E-state index contributed by atoms with van der Waals surface area (Å²) in [4.78, 5) is 12.4. The number of nitrogens with one attached hydrogen (secondary N) is 1. The van der Waals surface area contributed by atoms with Crippen LogP contribution in [0.2, 0.25) is 0 Å². The van der Waals surface area contributed by atoms with Crippen molar-refractivity contribution in [2.24, 2.45) is 0 Å². The second-order valence-electron chi connectivity index (χ2n) is 7.18. The Morgan fingerprint density at radius 3 is 2.48 bits per heavy atom. The summed E-state index contributed by atoms with van der Waals surface area (Å²) in [5, 5.41) is 12.4. The van der Waals surface area contributed by atoms with Crippen molar-refractivity contribution in [1.29, 1.82) is 0 Å². The first-order chi connectivity index (χ1) is 14.2. The summed E-state index contributed by atoms with van der Waals surface area (Å²) in [5.41, 5.74) is 1.61. The van der Waals surface area contributed by atoms with Crippen molar-refractivity contribution in [1.82, 2.24) is 14.8 Å². The molecule has 1 aliphatic rings. The molecule has 1 N–H and O–H groups in total. The van der Waals surface area contributed by atoms with E-state index in [9.17, 15) is 9.18 Å². The summed E-state index contributed by atoms with van der Waals surface area (Å²) < 4.78 is 15.2. The summed E-state index contributed by atoms with van der Waals surface area (Å²) in [6, 6.07) is 16.2. The molecule has 0 saturated heterocycles. The van der Waals surface area contributed by atoms with Gasteiger partial charge in [0.05, 0.1) is 5.75 Å². The molecule has 1 aliphatic carbocycles. The highest BCUT2D eigenvalue weighted by molar-refractivity contribution is 7.99. The molecule has 1 saturated carbocycles. The fourth-order valence-corrected chi connectivity index (χ4v) is 4.49. The van der Waals surface area contributed by atoms with Crippen LogP contribution >= 0.6 is 11.8 Å². The molecule has 0 aliphatic heterocycles. The van der Waals surface area contributed by atoms with Crippen LogP contribution in [-0.4, -0.2) is 26.4 Å². The maximum Gasteiger partial charge on any atom is 0.234 e. The molecular weight excluding hydrogens is 387 g/mol.